The number of hydrogen-bond donors (Lipinski definition) is 0. The Bertz CT molecular complexity index is 2420. The van der Waals surface area contributed by atoms with Crippen molar-refractivity contribution in [2.24, 2.45) is 0 Å². The van der Waals surface area contributed by atoms with Gasteiger partial charge in [-0.15, -0.1) is 0 Å². The molecule has 186 valence electrons. The number of fused-ring (bicyclic) bond motifs is 10. The first-order valence-corrected chi connectivity index (χ1v) is 13.6. The van der Waals surface area contributed by atoms with Crippen molar-refractivity contribution in [3.8, 4) is 11.4 Å². The van der Waals surface area contributed by atoms with E-state index < -0.39 is 0 Å². The van der Waals surface area contributed by atoms with Crippen LogP contribution in [0, 0.1) is 0 Å². The highest BCUT2D eigenvalue weighted by molar-refractivity contribution is 6.29. The molecule has 9 rings (SSSR count). The van der Waals surface area contributed by atoms with E-state index in [9.17, 15) is 0 Å². The molecule has 40 heavy (non-hydrogen) atoms. The summed E-state index contributed by atoms with van der Waals surface area (Å²) in [6.45, 7) is 0. The number of para-hydroxylation sites is 3. The Labute approximate surface area is 230 Å². The van der Waals surface area contributed by atoms with Crippen LogP contribution in [-0.2, 0) is 0 Å². The summed E-state index contributed by atoms with van der Waals surface area (Å²) in [5.74, 6) is 0. The van der Waals surface area contributed by atoms with Crippen LogP contribution in [0.2, 0.25) is 0 Å². The predicted octanol–water partition coefficient (Wildman–Crippen LogP) is 9.58. The van der Waals surface area contributed by atoms with Gasteiger partial charge in [0.15, 0.2) is 0 Å². The molecule has 3 nitrogen and oxygen atoms in total. The Morgan fingerprint density at radius 2 is 0.925 bits per heavy atom. The first kappa shape index (κ1) is 21.5. The molecule has 0 radical (unpaired) electrons. The van der Waals surface area contributed by atoms with Crippen LogP contribution in [0.5, 0.6) is 0 Å². The van der Waals surface area contributed by atoms with E-state index in [1.807, 2.05) is 12.4 Å². The third-order valence-electron chi connectivity index (χ3n) is 8.37. The van der Waals surface area contributed by atoms with Crippen molar-refractivity contribution in [1.82, 2.24) is 14.1 Å². The zero-order valence-electron chi connectivity index (χ0n) is 21.6. The van der Waals surface area contributed by atoms with Crippen molar-refractivity contribution in [2.75, 3.05) is 0 Å². The van der Waals surface area contributed by atoms with Gasteiger partial charge < -0.3 is 9.13 Å². The van der Waals surface area contributed by atoms with Crippen molar-refractivity contribution in [1.29, 1.82) is 0 Å². The molecule has 0 aliphatic carbocycles. The van der Waals surface area contributed by atoms with E-state index in [0.717, 1.165) is 11.1 Å². The predicted molar refractivity (Wildman–Crippen MR) is 168 cm³/mol. The molecule has 0 spiro atoms. The largest absolute Gasteiger partial charge is 0.309 e. The number of benzene rings is 6. The minimum atomic E-state index is 1.10. The normalized spacial score (nSPS) is 12.0. The van der Waals surface area contributed by atoms with E-state index in [-0.39, 0.29) is 0 Å². The van der Waals surface area contributed by atoms with Crippen molar-refractivity contribution in [2.45, 2.75) is 0 Å². The molecule has 9 aromatic rings. The average Bonchev–Trinajstić information content (AvgIpc) is 3.54. The zero-order chi connectivity index (χ0) is 26.2. The lowest BCUT2D eigenvalue weighted by Crippen LogP contribution is -1.96. The number of aromatic nitrogens is 3. The number of hydrogen-bond acceptors (Lipinski definition) is 1. The molecule has 0 bridgehead atoms. The van der Waals surface area contributed by atoms with Gasteiger partial charge in [0.25, 0.3) is 0 Å². The summed E-state index contributed by atoms with van der Waals surface area (Å²) in [4.78, 5) is 4.63. The SMILES string of the molecule is c1ccc(-n2c3ccccc3c3c4ccc5c(c4ccc32)c2ccccc2n5-c2cncc3ccccc23)cc1. The fraction of sp³-hybridized carbons (Fsp3) is 0. The van der Waals surface area contributed by atoms with E-state index in [4.69, 9.17) is 0 Å². The summed E-state index contributed by atoms with van der Waals surface area (Å²) in [5.41, 5.74) is 7.11. The van der Waals surface area contributed by atoms with Crippen molar-refractivity contribution >= 4 is 65.2 Å². The lowest BCUT2D eigenvalue weighted by molar-refractivity contribution is 1.16. The van der Waals surface area contributed by atoms with E-state index in [0.29, 0.717) is 0 Å². The van der Waals surface area contributed by atoms with Gasteiger partial charge in [0.2, 0.25) is 0 Å². The van der Waals surface area contributed by atoms with Crippen LogP contribution in [0.3, 0.4) is 0 Å². The third-order valence-corrected chi connectivity index (χ3v) is 8.37. The maximum Gasteiger partial charge on any atom is 0.0723 e. The molecule has 0 atom stereocenters. The highest BCUT2D eigenvalue weighted by Crippen LogP contribution is 2.42. The van der Waals surface area contributed by atoms with E-state index in [1.54, 1.807) is 0 Å². The van der Waals surface area contributed by atoms with Crippen LogP contribution in [0.1, 0.15) is 0 Å². The van der Waals surface area contributed by atoms with E-state index in [1.165, 1.54) is 65.5 Å². The topological polar surface area (TPSA) is 22.8 Å². The van der Waals surface area contributed by atoms with Crippen molar-refractivity contribution in [3.05, 3.63) is 140 Å². The Morgan fingerprint density at radius 3 is 1.62 bits per heavy atom. The second kappa shape index (κ2) is 8.05. The lowest BCUT2D eigenvalue weighted by atomic mass is 9.99. The Balaban J connectivity index is 1.46. The second-order valence-corrected chi connectivity index (χ2v) is 10.4. The van der Waals surface area contributed by atoms with Crippen molar-refractivity contribution in [3.63, 3.8) is 0 Å². The standard InChI is InChI=1S/C37H23N3/c1-2-11-25(12-3-1)39-31-16-8-6-14-29(31)36-27-19-21-34-37(28(27)18-20-33(36)39)30-15-7-9-17-32(30)40(34)35-23-38-22-24-10-4-5-13-26(24)35/h1-23H. The quantitative estimate of drug-likeness (QED) is 0.227. The highest BCUT2D eigenvalue weighted by Gasteiger charge is 2.19. The summed E-state index contributed by atoms with van der Waals surface area (Å²) in [6.07, 6.45) is 3.94. The van der Waals surface area contributed by atoms with Gasteiger partial charge in [-0.3, -0.25) is 4.98 Å². The summed E-state index contributed by atoms with van der Waals surface area (Å²) in [7, 11) is 0. The minimum Gasteiger partial charge on any atom is -0.309 e. The first-order chi connectivity index (χ1) is 19.9. The second-order valence-electron chi connectivity index (χ2n) is 10.4. The van der Waals surface area contributed by atoms with Gasteiger partial charge in [0, 0.05) is 44.2 Å². The van der Waals surface area contributed by atoms with Gasteiger partial charge in [-0.25, -0.2) is 0 Å². The molecule has 0 N–H and O–H groups in total. The molecule has 0 saturated carbocycles. The molecule has 3 aromatic heterocycles. The van der Waals surface area contributed by atoms with Gasteiger partial charge in [0.05, 0.1) is 34.0 Å². The maximum atomic E-state index is 4.63. The molecule has 0 fully saturated rings. The molecule has 6 aromatic carbocycles. The van der Waals surface area contributed by atoms with E-state index >= 15 is 0 Å². The van der Waals surface area contributed by atoms with Crippen LogP contribution in [0.25, 0.3) is 76.5 Å². The molecule has 0 amide bonds. The fourth-order valence-electron chi connectivity index (χ4n) is 6.73. The monoisotopic (exact) mass is 509 g/mol. The first-order valence-electron chi connectivity index (χ1n) is 13.6. The summed E-state index contributed by atoms with van der Waals surface area (Å²) < 4.78 is 4.77. The Morgan fingerprint density at radius 1 is 0.375 bits per heavy atom. The summed E-state index contributed by atoms with van der Waals surface area (Å²) in [6, 6.07) is 45.9. The average molecular weight is 510 g/mol. The number of rotatable bonds is 2. The highest BCUT2D eigenvalue weighted by atomic mass is 15.0. The lowest BCUT2D eigenvalue weighted by Gasteiger charge is -2.11. The minimum absolute atomic E-state index is 1.10. The Hall–Kier alpha value is -5.41. The summed E-state index contributed by atoms with van der Waals surface area (Å²) in [5, 5.41) is 9.97. The van der Waals surface area contributed by atoms with Gasteiger partial charge in [-0.05, 0) is 47.2 Å². The van der Waals surface area contributed by atoms with Crippen LogP contribution >= 0.6 is 0 Å². The number of pyridine rings is 1. The van der Waals surface area contributed by atoms with Crippen LogP contribution < -0.4 is 0 Å². The van der Waals surface area contributed by atoms with Gasteiger partial charge in [-0.1, -0.05) is 91.0 Å². The van der Waals surface area contributed by atoms with Gasteiger partial charge in [0.1, 0.15) is 0 Å². The van der Waals surface area contributed by atoms with Crippen LogP contribution in [0.15, 0.2) is 140 Å². The van der Waals surface area contributed by atoms with Crippen LogP contribution in [-0.4, -0.2) is 14.1 Å². The van der Waals surface area contributed by atoms with Crippen LogP contribution in [0.4, 0.5) is 0 Å². The van der Waals surface area contributed by atoms with Crippen molar-refractivity contribution < 1.29 is 0 Å². The smallest absolute Gasteiger partial charge is 0.0723 e. The number of nitrogens with zero attached hydrogens (tertiary/aromatic N) is 3. The molecule has 0 aliphatic rings. The molecule has 0 saturated heterocycles. The fourth-order valence-corrected chi connectivity index (χ4v) is 6.73. The molecule has 3 heteroatoms. The van der Waals surface area contributed by atoms with Gasteiger partial charge in [-0.2, -0.15) is 0 Å². The van der Waals surface area contributed by atoms with E-state index in [2.05, 4.69) is 142 Å². The molecular formula is C37H23N3. The molecule has 0 unspecified atom stereocenters. The maximum absolute atomic E-state index is 4.63. The Kier molecular flexibility index (Phi) is 4.33. The molecule has 0 aliphatic heterocycles. The molecular weight excluding hydrogens is 486 g/mol. The zero-order valence-corrected chi connectivity index (χ0v) is 21.6. The molecule has 3 heterocycles. The third kappa shape index (κ3) is 2.81. The summed E-state index contributed by atoms with van der Waals surface area (Å²) >= 11 is 0. The van der Waals surface area contributed by atoms with Gasteiger partial charge >= 0.3 is 0 Å².